The van der Waals surface area contributed by atoms with Crippen LogP contribution in [0.1, 0.15) is 79.7 Å². The number of fused-ring (bicyclic) bond motifs is 2. The molecule has 4 heterocycles. The van der Waals surface area contributed by atoms with Gasteiger partial charge in [0.15, 0.2) is 0 Å². The lowest BCUT2D eigenvalue weighted by Crippen LogP contribution is -2.36. The molecule has 0 spiro atoms. The van der Waals surface area contributed by atoms with Gasteiger partial charge in [-0.2, -0.15) is 0 Å². The highest BCUT2D eigenvalue weighted by Crippen LogP contribution is 2.42. The number of rotatable bonds is 15. The molecule has 0 aliphatic carbocycles. The molecule has 9 nitrogen and oxygen atoms in total. The molecule has 266 valence electrons. The van der Waals surface area contributed by atoms with Crippen LogP contribution in [-0.4, -0.2) is 42.6 Å². The minimum atomic E-state index is -1.31. The smallest absolute Gasteiger partial charge is 0.336 e. The first kappa shape index (κ1) is 35.5. The topological polar surface area (TPSA) is 102 Å². The third kappa shape index (κ3) is 8.18. The molecule has 6 rings (SSSR count). The van der Waals surface area contributed by atoms with Gasteiger partial charge >= 0.3 is 11.6 Å². The standard InChI is InChI=1S/C41H48O9/c1-9-28-12-13-29(43-21-18-26(2)10-15-35-39(4,5)48-35)24-32(28)47-41(8)49-36(40(6,7)50-41)16-11-27(3)19-22-45-38-30-14-17-37(42)46-34(30)25-33-31(38)20-23-44-33/h9,12-14,17-20,23-25,35-36H,1,10-11,15-16,21-22H2,2-8H3/b26-18+,27-19+/t35?,36-,41+/m1/s1. The van der Waals surface area contributed by atoms with Crippen molar-refractivity contribution in [3.8, 4) is 17.2 Å². The first-order valence-corrected chi connectivity index (χ1v) is 17.3. The number of epoxide rings is 1. The Labute approximate surface area is 293 Å². The number of hydrogen-bond acceptors (Lipinski definition) is 9. The van der Waals surface area contributed by atoms with Crippen molar-refractivity contribution >= 4 is 28.0 Å². The molecule has 0 saturated carbocycles. The van der Waals surface area contributed by atoms with E-state index in [1.807, 2.05) is 44.2 Å². The quantitative estimate of drug-likeness (QED) is 0.0688. The third-order valence-electron chi connectivity index (χ3n) is 9.50. The average Bonchev–Trinajstić information content (AvgIpc) is 3.31. The van der Waals surface area contributed by atoms with Crippen LogP contribution in [0.4, 0.5) is 0 Å². The summed E-state index contributed by atoms with van der Waals surface area (Å²) >= 11 is 0. The minimum absolute atomic E-state index is 0.0162. The molecule has 9 heteroatoms. The van der Waals surface area contributed by atoms with Crippen molar-refractivity contribution in [2.75, 3.05) is 13.2 Å². The molecule has 2 aliphatic heterocycles. The molecular weight excluding hydrogens is 636 g/mol. The van der Waals surface area contributed by atoms with E-state index < -0.39 is 17.2 Å². The summed E-state index contributed by atoms with van der Waals surface area (Å²) in [6.45, 7) is 19.0. The van der Waals surface area contributed by atoms with E-state index in [1.165, 1.54) is 11.6 Å². The van der Waals surface area contributed by atoms with Crippen LogP contribution in [0.3, 0.4) is 0 Å². The van der Waals surface area contributed by atoms with Crippen molar-refractivity contribution in [2.24, 2.45) is 0 Å². The Morgan fingerprint density at radius 2 is 1.48 bits per heavy atom. The number of hydrogen-bond donors (Lipinski definition) is 0. The second-order valence-corrected chi connectivity index (χ2v) is 14.4. The zero-order valence-electron chi connectivity index (χ0n) is 30.1. The summed E-state index contributed by atoms with van der Waals surface area (Å²) in [7, 11) is 0. The van der Waals surface area contributed by atoms with E-state index in [0.29, 0.717) is 59.5 Å². The summed E-state index contributed by atoms with van der Waals surface area (Å²) in [5.74, 6) is 0.560. The molecule has 0 amide bonds. The van der Waals surface area contributed by atoms with Gasteiger partial charge in [0, 0.05) is 30.7 Å². The lowest BCUT2D eigenvalue weighted by molar-refractivity contribution is -0.292. The Morgan fingerprint density at radius 3 is 2.16 bits per heavy atom. The highest BCUT2D eigenvalue weighted by atomic mass is 16.9. The zero-order valence-corrected chi connectivity index (χ0v) is 30.1. The molecule has 50 heavy (non-hydrogen) atoms. The summed E-state index contributed by atoms with van der Waals surface area (Å²) in [5.41, 5.74) is 3.23. The number of furan rings is 1. The van der Waals surface area contributed by atoms with Crippen LogP contribution in [0.25, 0.3) is 28.0 Å². The maximum absolute atomic E-state index is 11.8. The molecule has 1 unspecified atom stereocenters. The van der Waals surface area contributed by atoms with Crippen molar-refractivity contribution in [3.63, 3.8) is 0 Å². The first-order valence-electron chi connectivity index (χ1n) is 17.3. The van der Waals surface area contributed by atoms with E-state index in [0.717, 1.165) is 35.8 Å². The fraction of sp³-hybridized carbons (Fsp3) is 0.439. The highest BCUT2D eigenvalue weighted by molar-refractivity contribution is 6.01. The van der Waals surface area contributed by atoms with Gasteiger partial charge in [-0.1, -0.05) is 23.8 Å². The minimum Gasteiger partial charge on any atom is -0.489 e. The van der Waals surface area contributed by atoms with E-state index in [1.54, 1.807) is 31.4 Å². The van der Waals surface area contributed by atoms with E-state index in [-0.39, 0.29) is 11.7 Å². The number of ether oxygens (including phenoxy) is 6. The molecule has 2 saturated heterocycles. The number of benzene rings is 2. The Bertz CT molecular complexity index is 1980. The summed E-state index contributed by atoms with van der Waals surface area (Å²) in [6, 6.07) is 12.3. The molecule has 4 aromatic rings. The van der Waals surface area contributed by atoms with Gasteiger partial charge in [0.25, 0.3) is 0 Å². The van der Waals surface area contributed by atoms with E-state index >= 15 is 0 Å². The van der Waals surface area contributed by atoms with Crippen molar-refractivity contribution in [1.29, 1.82) is 0 Å². The molecular formula is C41H48O9. The predicted molar refractivity (Wildman–Crippen MR) is 194 cm³/mol. The van der Waals surface area contributed by atoms with Gasteiger partial charge in [-0.25, -0.2) is 4.79 Å². The summed E-state index contributed by atoms with van der Waals surface area (Å²) in [6.07, 6.45) is 11.1. The van der Waals surface area contributed by atoms with Crippen LogP contribution >= 0.6 is 0 Å². The Balaban J connectivity index is 1.04. The van der Waals surface area contributed by atoms with Crippen LogP contribution in [0.15, 0.2) is 92.2 Å². The largest absolute Gasteiger partial charge is 0.489 e. The van der Waals surface area contributed by atoms with Crippen molar-refractivity contribution in [2.45, 2.75) is 104 Å². The van der Waals surface area contributed by atoms with Crippen LogP contribution in [0.5, 0.6) is 17.2 Å². The molecule has 2 fully saturated rings. The molecule has 2 aromatic heterocycles. The van der Waals surface area contributed by atoms with Gasteiger partial charge in [-0.05, 0) is 104 Å². The molecule has 3 atom stereocenters. The predicted octanol–water partition coefficient (Wildman–Crippen LogP) is 9.52. The van der Waals surface area contributed by atoms with Gasteiger partial charge < -0.3 is 37.3 Å². The van der Waals surface area contributed by atoms with Gasteiger partial charge in [0.2, 0.25) is 0 Å². The van der Waals surface area contributed by atoms with Crippen LogP contribution in [0.2, 0.25) is 0 Å². The van der Waals surface area contributed by atoms with Crippen molar-refractivity contribution < 1.29 is 37.3 Å². The van der Waals surface area contributed by atoms with Gasteiger partial charge in [-0.3, -0.25) is 0 Å². The molecule has 2 aromatic carbocycles. The summed E-state index contributed by atoms with van der Waals surface area (Å²) < 4.78 is 48.2. The van der Waals surface area contributed by atoms with Gasteiger partial charge in [0.05, 0.1) is 40.4 Å². The van der Waals surface area contributed by atoms with Crippen molar-refractivity contribution in [3.05, 3.63) is 94.6 Å². The normalized spacial score (nSPS) is 22.9. The van der Waals surface area contributed by atoms with E-state index in [4.69, 9.17) is 37.3 Å². The molecule has 0 N–H and O–H groups in total. The van der Waals surface area contributed by atoms with Crippen LogP contribution in [0, 0.1) is 0 Å². The molecule has 0 bridgehead atoms. The maximum atomic E-state index is 11.8. The summed E-state index contributed by atoms with van der Waals surface area (Å²) in [5, 5.41) is 1.53. The maximum Gasteiger partial charge on any atom is 0.336 e. The zero-order chi connectivity index (χ0) is 35.7. The highest BCUT2D eigenvalue weighted by Gasteiger charge is 2.51. The second-order valence-electron chi connectivity index (χ2n) is 14.4. The summed E-state index contributed by atoms with van der Waals surface area (Å²) in [4.78, 5) is 11.8. The lowest BCUT2D eigenvalue weighted by atomic mass is 9.96. The lowest BCUT2D eigenvalue weighted by Gasteiger charge is -2.27. The fourth-order valence-corrected chi connectivity index (χ4v) is 6.45. The number of allylic oxidation sites excluding steroid dienone is 2. The monoisotopic (exact) mass is 684 g/mol. The SMILES string of the molecule is C=Cc1ccc(OC/C=C(\C)CCC2OC2(C)C)cc1O[C@@]1(C)O[C@H](CC/C(C)=C/COc2c3ccoc3cc3oc(=O)ccc23)C(C)(C)O1. The van der Waals surface area contributed by atoms with E-state index in [2.05, 4.69) is 40.3 Å². The first-order chi connectivity index (χ1) is 23.7. The van der Waals surface area contributed by atoms with Crippen LogP contribution < -0.4 is 19.8 Å². The van der Waals surface area contributed by atoms with Gasteiger partial charge in [0.1, 0.15) is 41.6 Å². The molecule has 0 radical (unpaired) electrons. The average molecular weight is 685 g/mol. The second kappa shape index (κ2) is 14.1. The van der Waals surface area contributed by atoms with Crippen molar-refractivity contribution in [1.82, 2.24) is 0 Å². The molecule has 2 aliphatic rings. The Hall–Kier alpha value is -4.31. The Kier molecular flexibility index (Phi) is 10.0. The third-order valence-corrected chi connectivity index (χ3v) is 9.50. The van der Waals surface area contributed by atoms with E-state index in [9.17, 15) is 4.79 Å². The fourth-order valence-electron chi connectivity index (χ4n) is 6.45. The van der Waals surface area contributed by atoms with Gasteiger partial charge in [-0.15, -0.1) is 0 Å². The van der Waals surface area contributed by atoms with Crippen LogP contribution in [-0.2, 0) is 14.2 Å². The Morgan fingerprint density at radius 1 is 0.820 bits per heavy atom.